The molecule has 29 heavy (non-hydrogen) atoms. The molecule has 152 valence electrons. The van der Waals surface area contributed by atoms with E-state index in [0.717, 1.165) is 48.0 Å². The van der Waals surface area contributed by atoms with E-state index in [-0.39, 0.29) is 11.9 Å². The molecule has 0 bridgehead atoms. The van der Waals surface area contributed by atoms with Crippen LogP contribution in [-0.4, -0.2) is 47.0 Å². The fourth-order valence-electron chi connectivity index (χ4n) is 3.96. The van der Waals surface area contributed by atoms with Crippen molar-refractivity contribution in [2.75, 3.05) is 24.3 Å². The van der Waals surface area contributed by atoms with Crippen LogP contribution in [0.2, 0.25) is 0 Å². The van der Waals surface area contributed by atoms with Crippen LogP contribution < -0.4 is 15.5 Å². The lowest BCUT2D eigenvalue weighted by Gasteiger charge is -2.29. The van der Waals surface area contributed by atoms with Crippen molar-refractivity contribution in [1.29, 1.82) is 0 Å². The number of anilines is 2. The Morgan fingerprint density at radius 1 is 1.14 bits per heavy atom. The molecule has 1 fully saturated rings. The number of benzene rings is 1. The van der Waals surface area contributed by atoms with Crippen molar-refractivity contribution in [3.63, 3.8) is 0 Å². The standard InChI is InChI=1S/C22H28N6O/c1-28(2)20-11-12-23-22(27-20)26-17-9-7-16(8-10-17)25-21(29)13-15-14-24-19-6-4-3-5-18(15)19/h3-6,11-12,14,16-17,24H,7-10,13H2,1-2H3,(H,25,29)(H,23,26,27)/t16-,17+. The van der Waals surface area contributed by atoms with Gasteiger partial charge in [-0.1, -0.05) is 18.2 Å². The number of nitrogens with one attached hydrogen (secondary N) is 3. The number of para-hydroxylation sites is 1. The van der Waals surface area contributed by atoms with E-state index in [9.17, 15) is 4.79 Å². The molecule has 1 saturated carbocycles. The fraction of sp³-hybridized carbons (Fsp3) is 0.409. The van der Waals surface area contributed by atoms with Crippen LogP contribution in [0.5, 0.6) is 0 Å². The predicted molar refractivity (Wildman–Crippen MR) is 116 cm³/mol. The molecule has 4 rings (SSSR count). The summed E-state index contributed by atoms with van der Waals surface area (Å²) in [5.41, 5.74) is 2.12. The number of aromatic amines is 1. The summed E-state index contributed by atoms with van der Waals surface area (Å²) < 4.78 is 0. The molecule has 1 aliphatic carbocycles. The van der Waals surface area contributed by atoms with E-state index in [4.69, 9.17) is 0 Å². The molecule has 2 heterocycles. The van der Waals surface area contributed by atoms with Gasteiger partial charge in [-0.3, -0.25) is 4.79 Å². The Kier molecular flexibility index (Phi) is 5.64. The molecule has 0 spiro atoms. The van der Waals surface area contributed by atoms with Crippen molar-refractivity contribution in [2.45, 2.75) is 44.2 Å². The molecule has 1 aromatic carbocycles. The Morgan fingerprint density at radius 3 is 2.69 bits per heavy atom. The van der Waals surface area contributed by atoms with Crippen LogP contribution >= 0.6 is 0 Å². The minimum Gasteiger partial charge on any atom is -0.363 e. The molecule has 7 nitrogen and oxygen atoms in total. The van der Waals surface area contributed by atoms with Crippen LogP contribution in [0.25, 0.3) is 10.9 Å². The molecule has 0 saturated heterocycles. The second-order valence-electron chi connectivity index (χ2n) is 7.93. The van der Waals surface area contributed by atoms with E-state index in [1.54, 1.807) is 6.20 Å². The zero-order chi connectivity index (χ0) is 20.2. The van der Waals surface area contributed by atoms with Crippen LogP contribution in [0, 0.1) is 0 Å². The van der Waals surface area contributed by atoms with E-state index >= 15 is 0 Å². The third kappa shape index (κ3) is 4.67. The van der Waals surface area contributed by atoms with Crippen LogP contribution in [0.3, 0.4) is 0 Å². The van der Waals surface area contributed by atoms with Crippen molar-refractivity contribution >= 4 is 28.6 Å². The summed E-state index contributed by atoms with van der Waals surface area (Å²) in [6, 6.07) is 10.6. The highest BCUT2D eigenvalue weighted by Crippen LogP contribution is 2.22. The summed E-state index contributed by atoms with van der Waals surface area (Å²) >= 11 is 0. The lowest BCUT2D eigenvalue weighted by Crippen LogP contribution is -2.40. The Balaban J connectivity index is 1.26. The fourth-order valence-corrected chi connectivity index (χ4v) is 3.96. The van der Waals surface area contributed by atoms with Gasteiger partial charge in [-0.15, -0.1) is 0 Å². The first kappa shape index (κ1) is 19.2. The number of hydrogen-bond donors (Lipinski definition) is 3. The summed E-state index contributed by atoms with van der Waals surface area (Å²) in [5.74, 6) is 1.65. The molecule has 0 unspecified atom stereocenters. The zero-order valence-electron chi connectivity index (χ0n) is 17.0. The molecule has 1 amide bonds. The van der Waals surface area contributed by atoms with Gasteiger partial charge in [-0.05, 0) is 43.4 Å². The second-order valence-corrected chi connectivity index (χ2v) is 7.93. The van der Waals surface area contributed by atoms with E-state index in [0.29, 0.717) is 18.4 Å². The average molecular weight is 393 g/mol. The van der Waals surface area contributed by atoms with Crippen molar-refractivity contribution in [3.05, 3.63) is 48.3 Å². The van der Waals surface area contributed by atoms with Crippen molar-refractivity contribution in [3.8, 4) is 0 Å². The predicted octanol–water partition coefficient (Wildman–Crippen LogP) is 3.11. The van der Waals surface area contributed by atoms with Gasteiger partial charge in [0.15, 0.2) is 0 Å². The highest BCUT2D eigenvalue weighted by Gasteiger charge is 2.23. The van der Waals surface area contributed by atoms with E-state index < -0.39 is 0 Å². The van der Waals surface area contributed by atoms with Gasteiger partial charge in [0.25, 0.3) is 0 Å². The minimum atomic E-state index is 0.0909. The van der Waals surface area contributed by atoms with Gasteiger partial charge in [0.2, 0.25) is 11.9 Å². The van der Waals surface area contributed by atoms with Crippen molar-refractivity contribution in [1.82, 2.24) is 20.3 Å². The number of amides is 1. The maximum atomic E-state index is 12.5. The van der Waals surface area contributed by atoms with Gasteiger partial charge in [0, 0.05) is 49.5 Å². The third-order valence-corrected chi connectivity index (χ3v) is 5.55. The molecule has 0 aliphatic heterocycles. The Labute approximate surface area is 170 Å². The van der Waals surface area contributed by atoms with Crippen LogP contribution in [0.1, 0.15) is 31.2 Å². The zero-order valence-corrected chi connectivity index (χ0v) is 17.0. The number of fused-ring (bicyclic) bond motifs is 1. The Morgan fingerprint density at radius 2 is 1.90 bits per heavy atom. The maximum Gasteiger partial charge on any atom is 0.224 e. The summed E-state index contributed by atoms with van der Waals surface area (Å²) in [6.07, 6.45) is 8.04. The number of hydrogen-bond acceptors (Lipinski definition) is 5. The van der Waals surface area contributed by atoms with Crippen molar-refractivity contribution < 1.29 is 4.79 Å². The molecule has 3 N–H and O–H groups in total. The molecule has 7 heteroatoms. The maximum absolute atomic E-state index is 12.5. The van der Waals surface area contributed by atoms with Gasteiger partial charge < -0.3 is 20.5 Å². The van der Waals surface area contributed by atoms with Gasteiger partial charge in [0.05, 0.1) is 6.42 Å². The van der Waals surface area contributed by atoms with Crippen LogP contribution in [-0.2, 0) is 11.2 Å². The normalized spacial score (nSPS) is 19.1. The number of aromatic nitrogens is 3. The molecule has 2 aromatic heterocycles. The SMILES string of the molecule is CN(C)c1ccnc(N[C@H]2CC[C@@H](NC(=O)Cc3c[nH]c4ccccc34)CC2)n1. The Bertz CT molecular complexity index is 974. The molecule has 3 aromatic rings. The smallest absolute Gasteiger partial charge is 0.224 e. The molecule has 0 atom stereocenters. The summed E-state index contributed by atoms with van der Waals surface area (Å²) in [5, 5.41) is 7.77. The average Bonchev–Trinajstić information content (AvgIpc) is 3.12. The topological polar surface area (TPSA) is 85.9 Å². The molecular weight excluding hydrogens is 364 g/mol. The minimum absolute atomic E-state index is 0.0909. The van der Waals surface area contributed by atoms with Gasteiger partial charge >= 0.3 is 0 Å². The van der Waals surface area contributed by atoms with Crippen LogP contribution in [0.15, 0.2) is 42.7 Å². The van der Waals surface area contributed by atoms with Gasteiger partial charge in [0.1, 0.15) is 5.82 Å². The number of H-pyrrole nitrogens is 1. The lowest BCUT2D eigenvalue weighted by molar-refractivity contribution is -0.121. The second kappa shape index (κ2) is 8.51. The monoisotopic (exact) mass is 392 g/mol. The first-order valence-electron chi connectivity index (χ1n) is 10.2. The third-order valence-electron chi connectivity index (χ3n) is 5.55. The lowest BCUT2D eigenvalue weighted by atomic mass is 9.91. The van der Waals surface area contributed by atoms with Gasteiger partial charge in [-0.25, -0.2) is 4.98 Å². The largest absolute Gasteiger partial charge is 0.363 e. The highest BCUT2D eigenvalue weighted by atomic mass is 16.1. The molecule has 1 aliphatic rings. The van der Waals surface area contributed by atoms with Gasteiger partial charge in [-0.2, -0.15) is 4.98 Å². The van der Waals surface area contributed by atoms with Crippen molar-refractivity contribution in [2.24, 2.45) is 0 Å². The first-order valence-corrected chi connectivity index (χ1v) is 10.2. The summed E-state index contributed by atoms with van der Waals surface area (Å²) in [7, 11) is 3.94. The van der Waals surface area contributed by atoms with E-state index in [1.807, 2.05) is 49.5 Å². The molecule has 0 radical (unpaired) electrons. The first-order chi connectivity index (χ1) is 14.1. The number of nitrogens with zero attached hydrogens (tertiary/aromatic N) is 3. The van der Waals surface area contributed by atoms with E-state index in [1.165, 1.54) is 0 Å². The highest BCUT2D eigenvalue weighted by molar-refractivity contribution is 5.88. The molecular formula is C22H28N6O. The van der Waals surface area contributed by atoms with Crippen LogP contribution in [0.4, 0.5) is 11.8 Å². The number of rotatable bonds is 6. The van der Waals surface area contributed by atoms with E-state index in [2.05, 4.69) is 31.7 Å². The Hall–Kier alpha value is -3.09. The quantitative estimate of drug-likeness (QED) is 0.600. The number of carbonyl (C=O) groups is 1. The number of carbonyl (C=O) groups excluding carboxylic acids is 1. The summed E-state index contributed by atoms with van der Waals surface area (Å²) in [4.78, 5) is 26.6. The summed E-state index contributed by atoms with van der Waals surface area (Å²) in [6.45, 7) is 0.